The Kier molecular flexibility index (Phi) is 4.57. The molecule has 0 aromatic carbocycles. The van der Waals surface area contributed by atoms with Gasteiger partial charge in [-0.05, 0) is 24.0 Å². The van der Waals surface area contributed by atoms with Crippen LogP contribution in [0.3, 0.4) is 0 Å². The van der Waals surface area contributed by atoms with Crippen LogP contribution in [0.1, 0.15) is 49.1 Å². The van der Waals surface area contributed by atoms with Gasteiger partial charge in [0, 0.05) is 45.0 Å². The van der Waals surface area contributed by atoms with Crippen molar-refractivity contribution in [2.75, 3.05) is 33.4 Å². The molecule has 4 heteroatoms. The van der Waals surface area contributed by atoms with Crippen molar-refractivity contribution < 1.29 is 9.47 Å². The largest absolute Gasteiger partial charge is 0.381 e. The Morgan fingerprint density at radius 1 is 1.38 bits per heavy atom. The zero-order valence-corrected chi connectivity index (χ0v) is 13.3. The van der Waals surface area contributed by atoms with Crippen LogP contribution in [-0.2, 0) is 16.0 Å². The first-order valence-corrected chi connectivity index (χ1v) is 8.00. The molecule has 1 aromatic heterocycles. The van der Waals surface area contributed by atoms with E-state index in [1.54, 1.807) is 7.11 Å². The van der Waals surface area contributed by atoms with E-state index in [-0.39, 0.29) is 0 Å². The number of hydrogen-bond acceptors (Lipinski definition) is 4. The zero-order valence-electron chi connectivity index (χ0n) is 13.3. The summed E-state index contributed by atoms with van der Waals surface area (Å²) in [5.41, 5.74) is 3.82. The van der Waals surface area contributed by atoms with Gasteiger partial charge in [-0.3, -0.25) is 9.88 Å². The number of likely N-dealkylation sites (tertiary alicyclic amines) is 1. The van der Waals surface area contributed by atoms with E-state index < -0.39 is 0 Å². The summed E-state index contributed by atoms with van der Waals surface area (Å²) in [5.74, 6) is 0.994. The molecule has 0 radical (unpaired) electrons. The van der Waals surface area contributed by atoms with E-state index in [0.29, 0.717) is 17.9 Å². The maximum Gasteiger partial charge on any atom is 0.0825 e. The Bertz CT molecular complexity index is 478. The molecule has 0 saturated carbocycles. The summed E-state index contributed by atoms with van der Waals surface area (Å²) in [5, 5.41) is 0. The number of rotatable bonds is 5. The molecule has 2 saturated heterocycles. The standard InChI is InChI=1S/C17H26N2O2/c1-12(2)16-5-4-15(13-6-7-21-11-13)17(18-16)10-19-8-14(9-19)20-3/h4-5,12-14H,6-11H2,1-3H3. The van der Waals surface area contributed by atoms with E-state index in [2.05, 4.69) is 30.9 Å². The Morgan fingerprint density at radius 2 is 2.19 bits per heavy atom. The molecule has 21 heavy (non-hydrogen) atoms. The second-order valence-corrected chi connectivity index (χ2v) is 6.54. The van der Waals surface area contributed by atoms with E-state index in [1.807, 2.05) is 0 Å². The Labute approximate surface area is 127 Å². The number of nitrogens with zero attached hydrogens (tertiary/aromatic N) is 2. The molecule has 1 atom stereocenters. The van der Waals surface area contributed by atoms with Crippen LogP contribution in [0.25, 0.3) is 0 Å². The molecule has 2 fully saturated rings. The van der Waals surface area contributed by atoms with Crippen LogP contribution in [0.5, 0.6) is 0 Å². The summed E-state index contributed by atoms with van der Waals surface area (Å²) in [7, 11) is 1.79. The number of methoxy groups -OCH3 is 1. The van der Waals surface area contributed by atoms with Crippen molar-refractivity contribution in [1.29, 1.82) is 0 Å². The molecule has 0 N–H and O–H groups in total. The number of aromatic nitrogens is 1. The Balaban J connectivity index is 1.78. The Morgan fingerprint density at radius 3 is 2.81 bits per heavy atom. The highest BCUT2D eigenvalue weighted by Gasteiger charge is 2.29. The van der Waals surface area contributed by atoms with E-state index in [9.17, 15) is 0 Å². The van der Waals surface area contributed by atoms with Crippen molar-refractivity contribution in [2.24, 2.45) is 0 Å². The quantitative estimate of drug-likeness (QED) is 0.834. The molecule has 3 heterocycles. The van der Waals surface area contributed by atoms with Crippen LogP contribution in [0.4, 0.5) is 0 Å². The molecule has 0 amide bonds. The summed E-state index contributed by atoms with van der Waals surface area (Å²) in [4.78, 5) is 7.37. The lowest BCUT2D eigenvalue weighted by Gasteiger charge is -2.38. The normalized spacial score (nSPS) is 23.7. The fourth-order valence-corrected chi connectivity index (χ4v) is 3.14. The minimum atomic E-state index is 0.400. The van der Waals surface area contributed by atoms with Crippen LogP contribution >= 0.6 is 0 Å². The molecule has 0 aliphatic carbocycles. The topological polar surface area (TPSA) is 34.6 Å². The number of pyridine rings is 1. The molecule has 3 rings (SSSR count). The number of ether oxygens (including phenoxy) is 2. The summed E-state index contributed by atoms with van der Waals surface area (Å²) in [6, 6.07) is 4.47. The highest BCUT2D eigenvalue weighted by atomic mass is 16.5. The van der Waals surface area contributed by atoms with Gasteiger partial charge in [-0.1, -0.05) is 19.9 Å². The molecule has 4 nitrogen and oxygen atoms in total. The fourth-order valence-electron chi connectivity index (χ4n) is 3.14. The second-order valence-electron chi connectivity index (χ2n) is 6.54. The third-order valence-electron chi connectivity index (χ3n) is 4.62. The highest BCUT2D eigenvalue weighted by Crippen LogP contribution is 2.30. The maximum atomic E-state index is 5.56. The van der Waals surface area contributed by atoms with Gasteiger partial charge in [0.15, 0.2) is 0 Å². The van der Waals surface area contributed by atoms with Crippen molar-refractivity contribution in [3.05, 3.63) is 29.1 Å². The van der Waals surface area contributed by atoms with E-state index >= 15 is 0 Å². The Hall–Kier alpha value is -0.970. The lowest BCUT2D eigenvalue weighted by atomic mass is 9.94. The molecule has 1 aromatic rings. The van der Waals surface area contributed by atoms with Crippen LogP contribution in [0.2, 0.25) is 0 Å². The van der Waals surface area contributed by atoms with Crippen molar-refractivity contribution >= 4 is 0 Å². The minimum absolute atomic E-state index is 0.400. The van der Waals surface area contributed by atoms with Gasteiger partial charge in [0.2, 0.25) is 0 Å². The smallest absolute Gasteiger partial charge is 0.0825 e. The number of hydrogen-bond donors (Lipinski definition) is 0. The highest BCUT2D eigenvalue weighted by molar-refractivity contribution is 5.29. The van der Waals surface area contributed by atoms with Crippen LogP contribution in [0, 0.1) is 0 Å². The minimum Gasteiger partial charge on any atom is -0.381 e. The summed E-state index contributed by atoms with van der Waals surface area (Å²) in [6.07, 6.45) is 1.52. The van der Waals surface area contributed by atoms with Gasteiger partial charge in [-0.15, -0.1) is 0 Å². The molecule has 0 spiro atoms. The molecule has 2 aliphatic rings. The van der Waals surface area contributed by atoms with E-state index in [4.69, 9.17) is 14.5 Å². The molecule has 0 bridgehead atoms. The monoisotopic (exact) mass is 290 g/mol. The molecule has 2 aliphatic heterocycles. The van der Waals surface area contributed by atoms with Gasteiger partial charge in [0.05, 0.1) is 18.4 Å². The molecule has 116 valence electrons. The SMILES string of the molecule is COC1CN(Cc2nc(C(C)C)ccc2C2CCOC2)C1. The summed E-state index contributed by atoms with van der Waals surface area (Å²) >= 11 is 0. The van der Waals surface area contributed by atoms with Gasteiger partial charge in [0.25, 0.3) is 0 Å². The summed E-state index contributed by atoms with van der Waals surface area (Å²) < 4.78 is 10.9. The van der Waals surface area contributed by atoms with Gasteiger partial charge in [-0.2, -0.15) is 0 Å². The van der Waals surface area contributed by atoms with E-state index in [1.165, 1.54) is 17.0 Å². The van der Waals surface area contributed by atoms with Gasteiger partial charge in [0.1, 0.15) is 0 Å². The fraction of sp³-hybridized carbons (Fsp3) is 0.706. The lowest BCUT2D eigenvalue weighted by Crippen LogP contribution is -2.51. The first-order valence-electron chi connectivity index (χ1n) is 8.00. The molecular formula is C17H26N2O2. The predicted octanol–water partition coefficient (Wildman–Crippen LogP) is 2.54. The molecular weight excluding hydrogens is 264 g/mol. The third-order valence-corrected chi connectivity index (χ3v) is 4.62. The summed E-state index contributed by atoms with van der Waals surface area (Å²) in [6.45, 7) is 9.10. The van der Waals surface area contributed by atoms with Gasteiger partial charge < -0.3 is 9.47 Å². The van der Waals surface area contributed by atoms with Crippen LogP contribution in [0.15, 0.2) is 12.1 Å². The van der Waals surface area contributed by atoms with Gasteiger partial charge in [-0.25, -0.2) is 0 Å². The van der Waals surface area contributed by atoms with Gasteiger partial charge >= 0.3 is 0 Å². The second kappa shape index (κ2) is 6.42. The lowest BCUT2D eigenvalue weighted by molar-refractivity contribution is -0.0340. The average Bonchev–Trinajstić information content (AvgIpc) is 2.95. The predicted molar refractivity (Wildman–Crippen MR) is 82.6 cm³/mol. The first-order chi connectivity index (χ1) is 10.2. The maximum absolute atomic E-state index is 5.56. The average molecular weight is 290 g/mol. The first kappa shape index (κ1) is 14.9. The molecule has 1 unspecified atom stereocenters. The zero-order chi connectivity index (χ0) is 14.8. The van der Waals surface area contributed by atoms with E-state index in [0.717, 1.165) is 39.3 Å². The van der Waals surface area contributed by atoms with Crippen LogP contribution in [-0.4, -0.2) is 49.4 Å². The third kappa shape index (κ3) is 3.28. The van der Waals surface area contributed by atoms with Crippen molar-refractivity contribution in [3.8, 4) is 0 Å². The van der Waals surface area contributed by atoms with Crippen molar-refractivity contribution in [1.82, 2.24) is 9.88 Å². The van der Waals surface area contributed by atoms with Crippen LogP contribution < -0.4 is 0 Å². The van der Waals surface area contributed by atoms with Crippen molar-refractivity contribution in [2.45, 2.75) is 44.8 Å². The van der Waals surface area contributed by atoms with Crippen molar-refractivity contribution in [3.63, 3.8) is 0 Å².